The van der Waals surface area contributed by atoms with Crippen molar-refractivity contribution in [2.75, 3.05) is 27.0 Å². The molecule has 2 saturated heterocycles. The number of ether oxygens (including phenoxy) is 4. The van der Waals surface area contributed by atoms with Crippen molar-refractivity contribution in [1.82, 2.24) is 4.90 Å². The van der Waals surface area contributed by atoms with Crippen LogP contribution in [0.3, 0.4) is 0 Å². The summed E-state index contributed by atoms with van der Waals surface area (Å²) in [5, 5.41) is 0. The average Bonchev–Trinajstić information content (AvgIpc) is 3.57. The first-order chi connectivity index (χ1) is 16.7. The lowest BCUT2D eigenvalue weighted by atomic mass is 9.33. The van der Waals surface area contributed by atoms with Crippen molar-refractivity contribution < 1.29 is 18.9 Å². The molecule has 4 bridgehead atoms. The van der Waals surface area contributed by atoms with Gasteiger partial charge >= 0.3 is 0 Å². The van der Waals surface area contributed by atoms with Crippen LogP contribution in [0.15, 0.2) is 12.1 Å². The van der Waals surface area contributed by atoms with Gasteiger partial charge in [0.1, 0.15) is 18.5 Å². The summed E-state index contributed by atoms with van der Waals surface area (Å²) in [5.41, 5.74) is 2.70. The van der Waals surface area contributed by atoms with Crippen LogP contribution in [0.2, 0.25) is 0 Å². The lowest BCUT2D eigenvalue weighted by Crippen LogP contribution is -2.84. The molecule has 1 aromatic rings. The zero-order chi connectivity index (χ0) is 24.0. The van der Waals surface area contributed by atoms with E-state index in [2.05, 4.69) is 44.7 Å². The number of fused-ring (bicyclic) bond motifs is 1. The molecule has 6 fully saturated rings. The zero-order valence-electron chi connectivity index (χ0n) is 22.1. The predicted molar refractivity (Wildman–Crippen MR) is 133 cm³/mol. The number of nitrogens with zero attached hydrogens (tertiary/aromatic N) is 1. The van der Waals surface area contributed by atoms with E-state index in [4.69, 9.17) is 18.9 Å². The number of benzene rings is 1. The van der Waals surface area contributed by atoms with Gasteiger partial charge in [0.2, 0.25) is 0 Å². The van der Waals surface area contributed by atoms with Crippen molar-refractivity contribution >= 4 is 0 Å². The minimum Gasteiger partial charge on any atom is -0.493 e. The van der Waals surface area contributed by atoms with E-state index >= 15 is 0 Å². The third-order valence-corrected chi connectivity index (χ3v) is 12.3. The van der Waals surface area contributed by atoms with Gasteiger partial charge in [0.15, 0.2) is 11.5 Å². The van der Waals surface area contributed by atoms with Gasteiger partial charge in [0.05, 0.1) is 12.7 Å². The molecule has 0 aromatic heterocycles. The van der Waals surface area contributed by atoms with E-state index in [1.807, 2.05) is 0 Å². The van der Waals surface area contributed by atoms with Gasteiger partial charge < -0.3 is 18.9 Å². The lowest BCUT2D eigenvalue weighted by molar-refractivity contribution is -0.389. The molecule has 4 saturated carbocycles. The van der Waals surface area contributed by atoms with E-state index in [0.29, 0.717) is 18.8 Å². The molecule has 5 nitrogen and oxygen atoms in total. The maximum absolute atomic E-state index is 7.20. The molecular weight excluding hydrogens is 438 g/mol. The average molecular weight is 480 g/mol. The summed E-state index contributed by atoms with van der Waals surface area (Å²) in [4.78, 5) is 2.92. The number of rotatable bonds is 3. The highest BCUT2D eigenvalue weighted by atomic mass is 16.7. The maximum atomic E-state index is 7.20. The SMILES string of the molecule is COc1ccc2c3c1O[C@@H]1[C@]34CCN(CC3CC3)[C@H](C2)[C@]42CC[C@]13OCO[C@](C)(C(C)(C)C)C3C2. The molecule has 190 valence electrons. The summed E-state index contributed by atoms with van der Waals surface area (Å²) in [6.07, 6.45) is 8.71. The Morgan fingerprint density at radius 1 is 1.11 bits per heavy atom. The van der Waals surface area contributed by atoms with E-state index in [-0.39, 0.29) is 33.6 Å². The number of methoxy groups -OCH3 is 1. The van der Waals surface area contributed by atoms with E-state index in [1.165, 1.54) is 56.3 Å². The molecule has 7 atom stereocenters. The normalized spacial score (nSPS) is 47.2. The van der Waals surface area contributed by atoms with Crippen LogP contribution in [0.4, 0.5) is 0 Å². The molecule has 8 aliphatic rings. The monoisotopic (exact) mass is 479 g/mol. The largest absolute Gasteiger partial charge is 0.493 e. The van der Waals surface area contributed by atoms with Crippen LogP contribution >= 0.6 is 0 Å². The third kappa shape index (κ3) is 2.26. The molecule has 9 rings (SSSR count). The Morgan fingerprint density at radius 2 is 1.94 bits per heavy atom. The van der Waals surface area contributed by atoms with Crippen molar-refractivity contribution in [1.29, 1.82) is 0 Å². The first-order valence-corrected chi connectivity index (χ1v) is 14.1. The van der Waals surface area contributed by atoms with Crippen molar-refractivity contribution in [3.8, 4) is 11.5 Å². The molecule has 1 aromatic carbocycles. The van der Waals surface area contributed by atoms with Crippen LogP contribution in [-0.2, 0) is 21.3 Å². The molecule has 3 heterocycles. The van der Waals surface area contributed by atoms with Crippen LogP contribution < -0.4 is 9.47 Å². The number of hydrogen-bond donors (Lipinski definition) is 0. The summed E-state index contributed by atoms with van der Waals surface area (Å²) in [7, 11) is 1.79. The maximum Gasteiger partial charge on any atom is 0.165 e. The molecule has 0 amide bonds. The Morgan fingerprint density at radius 3 is 2.69 bits per heavy atom. The molecule has 0 radical (unpaired) electrons. The van der Waals surface area contributed by atoms with Gasteiger partial charge in [0.25, 0.3) is 0 Å². The van der Waals surface area contributed by atoms with E-state index in [0.717, 1.165) is 30.3 Å². The van der Waals surface area contributed by atoms with E-state index in [9.17, 15) is 0 Å². The van der Waals surface area contributed by atoms with Gasteiger partial charge in [-0.15, -0.1) is 0 Å². The zero-order valence-corrected chi connectivity index (χ0v) is 22.1. The fraction of sp³-hybridized carbons (Fsp3) is 0.800. The van der Waals surface area contributed by atoms with Gasteiger partial charge in [0, 0.05) is 34.9 Å². The third-order valence-electron chi connectivity index (χ3n) is 12.3. The summed E-state index contributed by atoms with van der Waals surface area (Å²) in [6, 6.07) is 5.09. The lowest BCUT2D eigenvalue weighted by Gasteiger charge is -2.77. The van der Waals surface area contributed by atoms with Crippen LogP contribution in [0.25, 0.3) is 0 Å². The number of hydrogen-bond acceptors (Lipinski definition) is 5. The van der Waals surface area contributed by atoms with Gasteiger partial charge in [-0.3, -0.25) is 4.90 Å². The molecular formula is C30H41NO4. The molecule has 0 N–H and O–H groups in total. The highest BCUT2D eigenvalue weighted by Crippen LogP contribution is 2.78. The van der Waals surface area contributed by atoms with Gasteiger partial charge in [-0.1, -0.05) is 26.8 Å². The summed E-state index contributed by atoms with van der Waals surface area (Å²) >= 11 is 0. The van der Waals surface area contributed by atoms with Crippen LogP contribution in [0.5, 0.6) is 11.5 Å². The van der Waals surface area contributed by atoms with Crippen molar-refractivity contribution in [2.24, 2.45) is 22.7 Å². The van der Waals surface area contributed by atoms with Gasteiger partial charge in [-0.25, -0.2) is 0 Å². The number of likely N-dealkylation sites (tertiary alicyclic amines) is 1. The van der Waals surface area contributed by atoms with Crippen molar-refractivity contribution in [3.63, 3.8) is 0 Å². The summed E-state index contributed by atoms with van der Waals surface area (Å²) < 4.78 is 26.6. The van der Waals surface area contributed by atoms with Crippen LogP contribution in [-0.4, -0.2) is 55.2 Å². The standard InChI is InChI=1S/C30H41NO4/c1-26(2,3)27(4)21-15-28-10-11-30(21,34-17-33-27)25-29(28)12-13-31(16-18-6-7-18)22(28)14-19-8-9-20(32-5)24(35-25)23(19)29/h8-9,18,21-22,25H,6-7,10-17H2,1-5H3/t21?,22-,25-,27+,28-,29+,30-/m1/s1. The highest BCUT2D eigenvalue weighted by molar-refractivity contribution is 5.63. The second kappa shape index (κ2) is 6.39. The minimum absolute atomic E-state index is 0.0154. The fourth-order valence-electron chi connectivity index (χ4n) is 10.2. The van der Waals surface area contributed by atoms with E-state index in [1.54, 1.807) is 7.11 Å². The predicted octanol–water partition coefficient (Wildman–Crippen LogP) is 5.08. The fourth-order valence-corrected chi connectivity index (χ4v) is 10.2. The second-order valence-electron chi connectivity index (χ2n) is 14.1. The number of piperidine rings is 1. The molecule has 3 spiro atoms. The highest BCUT2D eigenvalue weighted by Gasteiger charge is 2.83. The van der Waals surface area contributed by atoms with Crippen molar-refractivity contribution in [3.05, 3.63) is 23.3 Å². The Labute approximate surface area is 209 Å². The molecule has 5 aliphatic carbocycles. The van der Waals surface area contributed by atoms with Crippen LogP contribution in [0.1, 0.15) is 77.3 Å². The molecule has 35 heavy (non-hydrogen) atoms. The van der Waals surface area contributed by atoms with Crippen LogP contribution in [0, 0.1) is 22.7 Å². The molecule has 3 aliphatic heterocycles. The van der Waals surface area contributed by atoms with Gasteiger partial charge in [-0.05, 0) is 81.4 Å². The molecule has 5 heteroatoms. The first kappa shape index (κ1) is 21.8. The van der Waals surface area contributed by atoms with E-state index < -0.39 is 0 Å². The Bertz CT molecular complexity index is 1110. The topological polar surface area (TPSA) is 40.2 Å². The first-order valence-electron chi connectivity index (χ1n) is 14.1. The Hall–Kier alpha value is -1.30. The second-order valence-corrected chi connectivity index (χ2v) is 14.1. The quantitative estimate of drug-likeness (QED) is 0.605. The minimum atomic E-state index is -0.302. The van der Waals surface area contributed by atoms with Crippen molar-refractivity contribution in [2.45, 2.75) is 101 Å². The summed E-state index contributed by atoms with van der Waals surface area (Å²) in [6.45, 7) is 12.3. The Balaban J connectivity index is 1.38. The Kier molecular flexibility index (Phi) is 3.97. The smallest absolute Gasteiger partial charge is 0.165 e. The molecule has 1 unspecified atom stereocenters. The van der Waals surface area contributed by atoms with Gasteiger partial charge in [-0.2, -0.15) is 0 Å². The summed E-state index contributed by atoms with van der Waals surface area (Å²) in [5.74, 6) is 3.17.